The second kappa shape index (κ2) is 7.11. The van der Waals surface area contributed by atoms with Crippen LogP contribution in [0.15, 0.2) is 24.3 Å². The van der Waals surface area contributed by atoms with E-state index < -0.39 is 0 Å². The van der Waals surface area contributed by atoms with E-state index in [-0.39, 0.29) is 18.0 Å². The third-order valence-electron chi connectivity index (χ3n) is 3.08. The molecule has 0 saturated carbocycles. The van der Waals surface area contributed by atoms with E-state index in [0.717, 1.165) is 11.3 Å². The zero-order valence-corrected chi connectivity index (χ0v) is 12.0. The molecule has 0 aliphatic heterocycles. The number of nitrogens with one attached hydrogen (secondary N) is 1. The summed E-state index contributed by atoms with van der Waals surface area (Å²) < 4.78 is 5.23. The van der Waals surface area contributed by atoms with E-state index in [1.54, 1.807) is 14.2 Å². The molecule has 0 fully saturated rings. The monoisotopic (exact) mass is 265 g/mol. The Morgan fingerprint density at radius 2 is 2.21 bits per heavy atom. The summed E-state index contributed by atoms with van der Waals surface area (Å²) in [6.45, 7) is 2.24. The average Bonchev–Trinajstić information content (AvgIpc) is 2.38. The predicted molar refractivity (Wildman–Crippen MR) is 76.1 cm³/mol. The molecule has 0 aromatic heterocycles. The molecule has 1 aromatic carbocycles. The molecule has 5 nitrogen and oxygen atoms in total. The minimum Gasteiger partial charge on any atom is -0.497 e. The Hall–Kier alpha value is -1.59. The van der Waals surface area contributed by atoms with E-state index in [1.165, 1.54) is 0 Å². The molecule has 0 spiro atoms. The largest absolute Gasteiger partial charge is 0.497 e. The van der Waals surface area contributed by atoms with Crippen molar-refractivity contribution in [1.29, 1.82) is 0 Å². The molecule has 0 aliphatic carbocycles. The lowest BCUT2D eigenvalue weighted by Crippen LogP contribution is -2.42. The van der Waals surface area contributed by atoms with Crippen LogP contribution in [0.3, 0.4) is 0 Å². The fraction of sp³-hybridized carbons (Fsp3) is 0.500. The molecule has 0 saturated heterocycles. The molecule has 0 aliphatic rings. The summed E-state index contributed by atoms with van der Waals surface area (Å²) in [6.07, 6.45) is 0. The Bertz CT molecular complexity index is 421. The van der Waals surface area contributed by atoms with Crippen molar-refractivity contribution in [1.82, 2.24) is 10.2 Å². The topological polar surface area (TPSA) is 67.6 Å². The van der Waals surface area contributed by atoms with Gasteiger partial charge in [0.05, 0.1) is 13.7 Å². The second-order valence-corrected chi connectivity index (χ2v) is 4.67. The van der Waals surface area contributed by atoms with Crippen LogP contribution in [0.25, 0.3) is 0 Å². The number of carbonyl (C=O) groups excluding carboxylic acids is 1. The highest BCUT2D eigenvalue weighted by Crippen LogP contribution is 2.25. The molecule has 1 rings (SSSR count). The van der Waals surface area contributed by atoms with Gasteiger partial charge >= 0.3 is 0 Å². The van der Waals surface area contributed by atoms with Crippen LogP contribution < -0.4 is 15.8 Å². The number of amides is 1. The third kappa shape index (κ3) is 4.22. The van der Waals surface area contributed by atoms with Crippen LogP contribution in [0.2, 0.25) is 0 Å². The molecule has 0 heterocycles. The van der Waals surface area contributed by atoms with Gasteiger partial charge in [-0.15, -0.1) is 0 Å². The zero-order chi connectivity index (χ0) is 14.4. The van der Waals surface area contributed by atoms with Crippen molar-refractivity contribution in [2.24, 2.45) is 5.73 Å². The van der Waals surface area contributed by atoms with E-state index >= 15 is 0 Å². The fourth-order valence-electron chi connectivity index (χ4n) is 2.19. The summed E-state index contributed by atoms with van der Waals surface area (Å²) in [6, 6.07) is 7.64. The van der Waals surface area contributed by atoms with Crippen molar-refractivity contribution < 1.29 is 9.53 Å². The van der Waals surface area contributed by atoms with Crippen LogP contribution in [-0.2, 0) is 4.79 Å². The van der Waals surface area contributed by atoms with Gasteiger partial charge in [0, 0.05) is 19.1 Å². The number of benzene rings is 1. The van der Waals surface area contributed by atoms with Crippen LogP contribution >= 0.6 is 0 Å². The van der Waals surface area contributed by atoms with Gasteiger partial charge in [-0.25, -0.2) is 0 Å². The second-order valence-electron chi connectivity index (χ2n) is 4.67. The van der Waals surface area contributed by atoms with Crippen molar-refractivity contribution in [3.8, 4) is 5.75 Å². The summed E-state index contributed by atoms with van der Waals surface area (Å²) in [4.78, 5) is 13.4. The van der Waals surface area contributed by atoms with Gasteiger partial charge < -0.3 is 15.8 Å². The van der Waals surface area contributed by atoms with Crippen molar-refractivity contribution >= 4 is 5.91 Å². The minimum atomic E-state index is -0.0956. The number of ether oxygens (including phenoxy) is 1. The van der Waals surface area contributed by atoms with E-state index in [9.17, 15) is 4.79 Å². The molecular weight excluding hydrogens is 242 g/mol. The van der Waals surface area contributed by atoms with Gasteiger partial charge in [-0.3, -0.25) is 9.69 Å². The Kier molecular flexibility index (Phi) is 5.79. The van der Waals surface area contributed by atoms with E-state index in [1.807, 2.05) is 43.1 Å². The number of nitrogens with zero attached hydrogens (tertiary/aromatic N) is 1. The standard InChI is InChI=1S/C14H23N3O2/c1-10(15)14(17(3)9-13(18)16-2)11-6-5-7-12(8-11)19-4/h5-8,10,14H,9,15H2,1-4H3,(H,16,18). The van der Waals surface area contributed by atoms with Gasteiger partial charge in [0.25, 0.3) is 0 Å². The number of nitrogens with two attached hydrogens (primary N) is 1. The Labute approximate surface area is 114 Å². The summed E-state index contributed by atoms with van der Waals surface area (Å²) in [5, 5.41) is 2.62. The maximum Gasteiger partial charge on any atom is 0.233 e. The summed E-state index contributed by atoms with van der Waals surface area (Å²) in [7, 11) is 5.15. The van der Waals surface area contributed by atoms with Gasteiger partial charge in [0.15, 0.2) is 0 Å². The highest BCUT2D eigenvalue weighted by atomic mass is 16.5. The Morgan fingerprint density at radius 3 is 2.74 bits per heavy atom. The number of likely N-dealkylation sites (N-methyl/N-ethyl adjacent to an activating group) is 2. The first-order valence-electron chi connectivity index (χ1n) is 6.30. The first kappa shape index (κ1) is 15.5. The summed E-state index contributed by atoms with van der Waals surface area (Å²) >= 11 is 0. The molecule has 0 bridgehead atoms. The Morgan fingerprint density at radius 1 is 1.53 bits per heavy atom. The summed E-state index contributed by atoms with van der Waals surface area (Å²) in [5.74, 6) is 0.757. The molecule has 3 N–H and O–H groups in total. The van der Waals surface area contributed by atoms with Gasteiger partial charge in [0.2, 0.25) is 5.91 Å². The maximum atomic E-state index is 11.5. The Balaban J connectivity index is 2.95. The number of hydrogen-bond donors (Lipinski definition) is 2. The fourth-order valence-corrected chi connectivity index (χ4v) is 2.19. The lowest BCUT2D eigenvalue weighted by atomic mass is 9.99. The number of methoxy groups -OCH3 is 1. The third-order valence-corrected chi connectivity index (χ3v) is 3.08. The van der Waals surface area contributed by atoms with Crippen molar-refractivity contribution in [2.45, 2.75) is 19.0 Å². The lowest BCUT2D eigenvalue weighted by Gasteiger charge is -2.31. The van der Waals surface area contributed by atoms with Crippen LogP contribution in [0.5, 0.6) is 5.75 Å². The van der Waals surface area contributed by atoms with Crippen molar-refractivity contribution in [3.63, 3.8) is 0 Å². The molecule has 106 valence electrons. The average molecular weight is 265 g/mol. The maximum absolute atomic E-state index is 11.5. The zero-order valence-electron chi connectivity index (χ0n) is 12.0. The number of hydrogen-bond acceptors (Lipinski definition) is 4. The van der Waals surface area contributed by atoms with Crippen LogP contribution in [0.1, 0.15) is 18.5 Å². The van der Waals surface area contributed by atoms with Crippen molar-refractivity contribution in [2.75, 3.05) is 27.7 Å². The lowest BCUT2D eigenvalue weighted by molar-refractivity contribution is -0.122. The highest BCUT2D eigenvalue weighted by molar-refractivity contribution is 5.77. The normalized spacial score (nSPS) is 14.0. The molecule has 2 unspecified atom stereocenters. The molecular formula is C14H23N3O2. The van der Waals surface area contributed by atoms with Crippen LogP contribution in [0, 0.1) is 0 Å². The van der Waals surface area contributed by atoms with Crippen molar-refractivity contribution in [3.05, 3.63) is 29.8 Å². The minimum absolute atomic E-state index is 0.0314. The van der Waals surface area contributed by atoms with Crippen LogP contribution in [-0.4, -0.2) is 44.6 Å². The molecule has 2 atom stereocenters. The van der Waals surface area contributed by atoms with E-state index in [2.05, 4.69) is 5.32 Å². The quantitative estimate of drug-likeness (QED) is 0.797. The van der Waals surface area contributed by atoms with Gasteiger partial charge in [-0.1, -0.05) is 12.1 Å². The van der Waals surface area contributed by atoms with Gasteiger partial charge in [-0.2, -0.15) is 0 Å². The smallest absolute Gasteiger partial charge is 0.233 e. The first-order chi connectivity index (χ1) is 8.99. The predicted octanol–water partition coefficient (Wildman–Crippen LogP) is 0.761. The molecule has 1 amide bonds. The molecule has 1 aromatic rings. The van der Waals surface area contributed by atoms with Gasteiger partial charge in [0.1, 0.15) is 5.75 Å². The molecule has 0 radical (unpaired) electrons. The molecule has 19 heavy (non-hydrogen) atoms. The van der Waals surface area contributed by atoms with Gasteiger partial charge in [-0.05, 0) is 31.7 Å². The van der Waals surface area contributed by atoms with E-state index in [0.29, 0.717) is 6.54 Å². The number of carbonyl (C=O) groups is 1. The number of rotatable bonds is 6. The first-order valence-corrected chi connectivity index (χ1v) is 6.30. The van der Waals surface area contributed by atoms with E-state index in [4.69, 9.17) is 10.5 Å². The molecule has 5 heteroatoms. The highest BCUT2D eigenvalue weighted by Gasteiger charge is 2.23. The SMILES string of the molecule is CNC(=O)CN(C)C(c1cccc(OC)c1)C(C)N. The van der Waals surface area contributed by atoms with Crippen LogP contribution in [0.4, 0.5) is 0 Å². The summed E-state index contributed by atoms with van der Waals surface area (Å²) in [5.41, 5.74) is 7.11.